The van der Waals surface area contributed by atoms with Gasteiger partial charge in [-0.25, -0.2) is 9.18 Å². The van der Waals surface area contributed by atoms with Gasteiger partial charge < -0.3 is 20.4 Å². The predicted molar refractivity (Wildman–Crippen MR) is 125 cm³/mol. The Hall–Kier alpha value is -2.91. The second-order valence-electron chi connectivity index (χ2n) is 7.61. The second kappa shape index (κ2) is 9.07. The zero-order valence-electron chi connectivity index (χ0n) is 17.4. The van der Waals surface area contributed by atoms with Crippen LogP contribution in [0.3, 0.4) is 0 Å². The summed E-state index contributed by atoms with van der Waals surface area (Å²) in [7, 11) is 4.00. The molecule has 0 radical (unpaired) electrons. The standard InChI is InChI=1S/C22H24BrFN6O/c1-28-7-9-30(10-8-28)19-12-15(21-20(23)14-25-29(21)2)11-18(13-19)27-22(31)26-17-5-3-16(24)4-6-17/h3-6,11-14H,7-10H2,1-2H3,(H2,26,27,31). The number of rotatable bonds is 4. The van der Waals surface area contributed by atoms with Crippen molar-refractivity contribution in [1.29, 1.82) is 0 Å². The predicted octanol–water partition coefficient (Wildman–Crippen LogP) is 4.38. The van der Waals surface area contributed by atoms with Crippen molar-refractivity contribution in [2.24, 2.45) is 7.05 Å². The molecular weight excluding hydrogens is 463 g/mol. The zero-order chi connectivity index (χ0) is 22.0. The maximum Gasteiger partial charge on any atom is 0.323 e. The molecule has 2 aromatic carbocycles. The van der Waals surface area contributed by atoms with Crippen LogP contribution in [0.25, 0.3) is 11.3 Å². The van der Waals surface area contributed by atoms with Gasteiger partial charge in [-0.05, 0) is 65.4 Å². The van der Waals surface area contributed by atoms with Gasteiger partial charge >= 0.3 is 6.03 Å². The third kappa shape index (κ3) is 5.05. The van der Waals surface area contributed by atoms with Gasteiger partial charge in [0.25, 0.3) is 0 Å². The number of nitrogens with zero attached hydrogens (tertiary/aromatic N) is 4. The van der Waals surface area contributed by atoms with Crippen LogP contribution >= 0.6 is 15.9 Å². The van der Waals surface area contributed by atoms with E-state index in [1.54, 1.807) is 10.9 Å². The molecule has 0 spiro atoms. The van der Waals surface area contributed by atoms with Gasteiger partial charge in [0.1, 0.15) is 5.82 Å². The average Bonchev–Trinajstić information content (AvgIpc) is 3.08. The largest absolute Gasteiger partial charge is 0.369 e. The summed E-state index contributed by atoms with van der Waals surface area (Å²) in [6, 6.07) is 11.3. The number of carbonyl (C=O) groups is 1. The normalized spacial score (nSPS) is 14.5. The Morgan fingerprint density at radius 1 is 1.00 bits per heavy atom. The topological polar surface area (TPSA) is 65.4 Å². The summed E-state index contributed by atoms with van der Waals surface area (Å²) in [5.41, 5.74) is 4.09. The molecule has 2 amide bonds. The number of nitrogens with one attached hydrogen (secondary N) is 2. The van der Waals surface area contributed by atoms with Crippen LogP contribution in [0.1, 0.15) is 0 Å². The molecule has 162 valence electrons. The van der Waals surface area contributed by atoms with Gasteiger partial charge in [-0.15, -0.1) is 0 Å². The number of urea groups is 1. The number of anilines is 3. The van der Waals surface area contributed by atoms with Crippen molar-refractivity contribution in [2.75, 3.05) is 48.8 Å². The smallest absolute Gasteiger partial charge is 0.323 e. The lowest BCUT2D eigenvalue weighted by Gasteiger charge is -2.34. The molecule has 1 aromatic heterocycles. The van der Waals surface area contributed by atoms with Gasteiger partial charge in [-0.2, -0.15) is 5.10 Å². The fourth-order valence-corrected chi connectivity index (χ4v) is 4.21. The molecule has 0 unspecified atom stereocenters. The summed E-state index contributed by atoms with van der Waals surface area (Å²) < 4.78 is 15.8. The molecule has 0 aliphatic carbocycles. The number of hydrogen-bond acceptors (Lipinski definition) is 4. The van der Waals surface area contributed by atoms with Crippen molar-refractivity contribution >= 4 is 39.0 Å². The molecule has 0 bridgehead atoms. The molecule has 0 saturated carbocycles. The third-order valence-electron chi connectivity index (χ3n) is 5.31. The minimum atomic E-state index is -0.392. The van der Waals surface area contributed by atoms with E-state index < -0.39 is 6.03 Å². The molecule has 0 atom stereocenters. The lowest BCUT2D eigenvalue weighted by Crippen LogP contribution is -2.44. The lowest BCUT2D eigenvalue weighted by molar-refractivity contribution is 0.262. The molecule has 4 rings (SSSR count). The number of piperazine rings is 1. The minimum Gasteiger partial charge on any atom is -0.369 e. The molecule has 2 N–H and O–H groups in total. The van der Waals surface area contributed by atoms with E-state index in [0.717, 1.165) is 47.6 Å². The van der Waals surface area contributed by atoms with Crippen LogP contribution in [0.5, 0.6) is 0 Å². The van der Waals surface area contributed by atoms with E-state index in [1.807, 2.05) is 19.2 Å². The Bertz CT molecular complexity index is 1060. The van der Waals surface area contributed by atoms with E-state index in [9.17, 15) is 9.18 Å². The first-order valence-corrected chi connectivity index (χ1v) is 10.8. The maximum atomic E-state index is 13.1. The molecule has 1 aliphatic heterocycles. The summed E-state index contributed by atoms with van der Waals surface area (Å²) in [6.07, 6.45) is 1.76. The van der Waals surface area contributed by atoms with E-state index in [-0.39, 0.29) is 5.82 Å². The van der Waals surface area contributed by atoms with E-state index in [1.165, 1.54) is 24.3 Å². The Morgan fingerprint density at radius 3 is 2.32 bits per heavy atom. The number of likely N-dealkylation sites (N-methyl/N-ethyl adjacent to an activating group) is 1. The highest BCUT2D eigenvalue weighted by Gasteiger charge is 2.18. The number of hydrogen-bond donors (Lipinski definition) is 2. The molecule has 2 heterocycles. The summed E-state index contributed by atoms with van der Waals surface area (Å²) in [6.45, 7) is 3.78. The number of carbonyl (C=O) groups excluding carboxylic acids is 1. The van der Waals surface area contributed by atoms with E-state index in [4.69, 9.17) is 0 Å². The van der Waals surface area contributed by atoms with Crippen molar-refractivity contribution in [2.45, 2.75) is 0 Å². The summed E-state index contributed by atoms with van der Waals surface area (Å²) in [5.74, 6) is -0.350. The van der Waals surface area contributed by atoms with Crippen LogP contribution in [-0.4, -0.2) is 53.9 Å². The van der Waals surface area contributed by atoms with Crippen molar-refractivity contribution in [3.05, 3.63) is 59.0 Å². The number of aromatic nitrogens is 2. The monoisotopic (exact) mass is 486 g/mol. The van der Waals surface area contributed by atoms with Crippen LogP contribution in [0, 0.1) is 5.82 Å². The Balaban J connectivity index is 1.62. The van der Waals surface area contributed by atoms with Crippen LogP contribution in [0.4, 0.5) is 26.2 Å². The summed E-state index contributed by atoms with van der Waals surface area (Å²) in [5, 5.41) is 9.96. The first kappa shape index (κ1) is 21.3. The van der Waals surface area contributed by atoms with Crippen LogP contribution in [-0.2, 0) is 7.05 Å². The molecule has 1 aliphatic rings. The molecule has 31 heavy (non-hydrogen) atoms. The van der Waals surface area contributed by atoms with E-state index in [2.05, 4.69) is 54.6 Å². The van der Waals surface area contributed by atoms with Crippen LogP contribution in [0.15, 0.2) is 53.1 Å². The second-order valence-corrected chi connectivity index (χ2v) is 8.46. The number of halogens is 2. The molecule has 1 fully saturated rings. The van der Waals surface area contributed by atoms with Crippen molar-refractivity contribution in [3.8, 4) is 11.3 Å². The zero-order valence-corrected chi connectivity index (χ0v) is 19.0. The van der Waals surface area contributed by atoms with E-state index >= 15 is 0 Å². The van der Waals surface area contributed by atoms with Gasteiger partial charge in [-0.1, -0.05) is 0 Å². The number of amides is 2. The molecule has 3 aromatic rings. The minimum absolute atomic E-state index is 0.350. The lowest BCUT2D eigenvalue weighted by atomic mass is 10.1. The highest BCUT2D eigenvalue weighted by atomic mass is 79.9. The molecular formula is C22H24BrFN6O. The Kier molecular flexibility index (Phi) is 6.24. The highest BCUT2D eigenvalue weighted by molar-refractivity contribution is 9.10. The van der Waals surface area contributed by atoms with Crippen molar-refractivity contribution in [1.82, 2.24) is 14.7 Å². The van der Waals surface area contributed by atoms with Gasteiger partial charge in [0.15, 0.2) is 0 Å². The molecule has 1 saturated heterocycles. The summed E-state index contributed by atoms with van der Waals surface area (Å²) in [4.78, 5) is 17.2. The van der Waals surface area contributed by atoms with E-state index in [0.29, 0.717) is 11.4 Å². The Labute approximate surface area is 189 Å². The SMILES string of the molecule is CN1CCN(c2cc(NC(=O)Nc3ccc(F)cc3)cc(-c3c(Br)cnn3C)c2)CC1. The number of benzene rings is 2. The van der Waals surface area contributed by atoms with Gasteiger partial charge in [0, 0.05) is 55.9 Å². The maximum absolute atomic E-state index is 13.1. The van der Waals surface area contributed by atoms with Gasteiger partial charge in [0.2, 0.25) is 0 Å². The van der Waals surface area contributed by atoms with Gasteiger partial charge in [0.05, 0.1) is 16.4 Å². The molecule has 7 nitrogen and oxygen atoms in total. The fraction of sp³-hybridized carbons (Fsp3) is 0.273. The quantitative estimate of drug-likeness (QED) is 0.574. The highest BCUT2D eigenvalue weighted by Crippen LogP contribution is 2.33. The van der Waals surface area contributed by atoms with Gasteiger partial charge in [-0.3, -0.25) is 4.68 Å². The third-order valence-corrected chi connectivity index (χ3v) is 5.89. The van der Waals surface area contributed by atoms with Crippen molar-refractivity contribution < 1.29 is 9.18 Å². The Morgan fingerprint density at radius 2 is 1.68 bits per heavy atom. The fourth-order valence-electron chi connectivity index (χ4n) is 3.63. The van der Waals surface area contributed by atoms with Crippen molar-refractivity contribution in [3.63, 3.8) is 0 Å². The first-order chi connectivity index (χ1) is 14.9. The number of aryl methyl sites for hydroxylation is 1. The summed E-state index contributed by atoms with van der Waals surface area (Å²) >= 11 is 3.57. The van der Waals surface area contributed by atoms with Crippen LogP contribution < -0.4 is 15.5 Å². The molecule has 9 heteroatoms. The first-order valence-electron chi connectivity index (χ1n) is 9.99. The average molecular weight is 487 g/mol. The van der Waals surface area contributed by atoms with Crippen LogP contribution in [0.2, 0.25) is 0 Å².